The molecule has 0 spiro atoms. The highest BCUT2D eigenvalue weighted by Gasteiger charge is 2.30. The number of sulfonamides is 1. The number of nitrogens with zero attached hydrogens (tertiary/aromatic N) is 2. The molecule has 0 fully saturated rings. The van der Waals surface area contributed by atoms with E-state index in [2.05, 4.69) is 5.32 Å². The molecule has 0 saturated carbocycles. The standard InChI is InChI=1S/C22H27Cl2N3O5S/c1-5-32-20-9-7-6-8-19(20)27(33(4,30)31)14-21(28)26(15(2)22(29)25-3)13-16-10-11-17(23)18(24)12-16/h6-12,15H,5,13-14H2,1-4H3,(H,25,29)/t15-/m0/s1. The van der Waals surface area contributed by atoms with Crippen LogP contribution in [0.2, 0.25) is 10.0 Å². The molecule has 2 rings (SSSR count). The highest BCUT2D eigenvalue weighted by molar-refractivity contribution is 7.92. The van der Waals surface area contributed by atoms with Crippen LogP contribution in [-0.4, -0.2) is 57.6 Å². The molecule has 0 unspecified atom stereocenters. The first-order chi connectivity index (χ1) is 15.5. The summed E-state index contributed by atoms with van der Waals surface area (Å²) in [6, 6.07) is 10.5. The van der Waals surface area contributed by atoms with E-state index in [1.165, 1.54) is 11.9 Å². The fourth-order valence-corrected chi connectivity index (χ4v) is 4.34. The minimum atomic E-state index is -3.86. The quantitative estimate of drug-likeness (QED) is 0.523. The van der Waals surface area contributed by atoms with Gasteiger partial charge in [0.15, 0.2) is 0 Å². The lowest BCUT2D eigenvalue weighted by Crippen LogP contribution is -2.50. The maximum Gasteiger partial charge on any atom is 0.244 e. The average Bonchev–Trinajstić information content (AvgIpc) is 2.77. The number of nitrogens with one attached hydrogen (secondary N) is 1. The molecule has 33 heavy (non-hydrogen) atoms. The molecule has 2 aromatic rings. The number of carbonyl (C=O) groups is 2. The topological polar surface area (TPSA) is 96.0 Å². The molecule has 1 N–H and O–H groups in total. The van der Waals surface area contributed by atoms with Gasteiger partial charge in [0, 0.05) is 13.6 Å². The Balaban J connectivity index is 2.44. The van der Waals surface area contributed by atoms with Crippen LogP contribution in [0.1, 0.15) is 19.4 Å². The van der Waals surface area contributed by atoms with Crippen LogP contribution in [0.4, 0.5) is 5.69 Å². The Labute approximate surface area is 204 Å². The third-order valence-corrected chi connectivity index (χ3v) is 6.73. The van der Waals surface area contributed by atoms with Gasteiger partial charge in [-0.15, -0.1) is 0 Å². The van der Waals surface area contributed by atoms with Gasteiger partial charge in [0.1, 0.15) is 18.3 Å². The molecular weight excluding hydrogens is 489 g/mol. The molecule has 0 saturated heterocycles. The lowest BCUT2D eigenvalue weighted by molar-refractivity contribution is -0.139. The zero-order chi connectivity index (χ0) is 24.8. The van der Waals surface area contributed by atoms with E-state index in [1.54, 1.807) is 56.3 Å². The summed E-state index contributed by atoms with van der Waals surface area (Å²) in [4.78, 5) is 27.0. The molecule has 0 aliphatic heterocycles. The highest BCUT2D eigenvalue weighted by Crippen LogP contribution is 2.30. The molecule has 1 atom stereocenters. The molecule has 8 nitrogen and oxygen atoms in total. The van der Waals surface area contributed by atoms with E-state index in [4.69, 9.17) is 27.9 Å². The number of hydrogen-bond donors (Lipinski definition) is 1. The summed E-state index contributed by atoms with van der Waals surface area (Å²) in [6.45, 7) is 3.16. The Hall–Kier alpha value is -2.49. The van der Waals surface area contributed by atoms with Crippen LogP contribution in [0.3, 0.4) is 0 Å². The van der Waals surface area contributed by atoms with Gasteiger partial charge in [-0.2, -0.15) is 0 Å². The van der Waals surface area contributed by atoms with Gasteiger partial charge in [0.2, 0.25) is 21.8 Å². The van der Waals surface area contributed by atoms with Gasteiger partial charge in [-0.25, -0.2) is 8.42 Å². The number of halogens is 2. The van der Waals surface area contributed by atoms with Crippen molar-refractivity contribution in [2.75, 3.05) is 30.8 Å². The second kappa shape index (κ2) is 11.6. The van der Waals surface area contributed by atoms with E-state index in [1.807, 2.05) is 0 Å². The molecule has 11 heteroatoms. The van der Waals surface area contributed by atoms with Crippen LogP contribution in [0.5, 0.6) is 5.75 Å². The summed E-state index contributed by atoms with van der Waals surface area (Å²) in [6.07, 6.45) is 1.01. The number of carbonyl (C=O) groups excluding carboxylic acids is 2. The minimum Gasteiger partial charge on any atom is -0.492 e. The minimum absolute atomic E-state index is 0.0228. The Morgan fingerprint density at radius 2 is 1.79 bits per heavy atom. The molecule has 0 aliphatic rings. The number of para-hydroxylation sites is 2. The van der Waals surface area contributed by atoms with Gasteiger partial charge in [0.25, 0.3) is 0 Å². The Morgan fingerprint density at radius 3 is 2.36 bits per heavy atom. The van der Waals surface area contributed by atoms with Crippen LogP contribution in [-0.2, 0) is 26.2 Å². The lowest BCUT2D eigenvalue weighted by atomic mass is 10.1. The van der Waals surface area contributed by atoms with E-state index >= 15 is 0 Å². The van der Waals surface area contributed by atoms with E-state index in [0.29, 0.717) is 28.0 Å². The maximum absolute atomic E-state index is 13.4. The van der Waals surface area contributed by atoms with Crippen molar-refractivity contribution in [2.45, 2.75) is 26.4 Å². The van der Waals surface area contributed by atoms with E-state index in [-0.39, 0.29) is 12.2 Å². The van der Waals surface area contributed by atoms with Crippen molar-refractivity contribution in [3.63, 3.8) is 0 Å². The molecule has 0 radical (unpaired) electrons. The van der Waals surface area contributed by atoms with Gasteiger partial charge < -0.3 is 15.0 Å². The molecule has 0 aliphatic carbocycles. The summed E-state index contributed by atoms with van der Waals surface area (Å²) < 4.78 is 31.8. The van der Waals surface area contributed by atoms with E-state index in [9.17, 15) is 18.0 Å². The molecule has 2 aromatic carbocycles. The smallest absolute Gasteiger partial charge is 0.244 e. The fraction of sp³-hybridized carbons (Fsp3) is 0.364. The van der Waals surface area contributed by atoms with Crippen LogP contribution in [0.15, 0.2) is 42.5 Å². The van der Waals surface area contributed by atoms with Gasteiger partial charge in [-0.1, -0.05) is 41.4 Å². The summed E-state index contributed by atoms with van der Waals surface area (Å²) in [5.74, 6) is -0.647. The van der Waals surface area contributed by atoms with Crippen molar-refractivity contribution < 1.29 is 22.7 Å². The first-order valence-corrected chi connectivity index (χ1v) is 12.7. The molecular formula is C22H27Cl2N3O5S. The number of ether oxygens (including phenoxy) is 1. The Kier molecular flexibility index (Phi) is 9.39. The normalized spacial score (nSPS) is 12.1. The molecule has 180 valence electrons. The largest absolute Gasteiger partial charge is 0.492 e. The van der Waals surface area contributed by atoms with Gasteiger partial charge in [0.05, 0.1) is 28.6 Å². The monoisotopic (exact) mass is 515 g/mol. The van der Waals surface area contributed by atoms with Gasteiger partial charge in [-0.05, 0) is 43.7 Å². The Bertz CT molecular complexity index is 1110. The van der Waals surface area contributed by atoms with Crippen molar-refractivity contribution in [1.29, 1.82) is 0 Å². The van der Waals surface area contributed by atoms with E-state index < -0.39 is 34.4 Å². The second-order valence-corrected chi connectivity index (χ2v) is 9.95. The number of likely N-dealkylation sites (N-methyl/N-ethyl adjacent to an activating group) is 1. The number of benzene rings is 2. The number of rotatable bonds is 10. The predicted octanol–water partition coefficient (Wildman–Crippen LogP) is 3.32. The maximum atomic E-state index is 13.4. The van der Waals surface area contributed by atoms with Crippen molar-refractivity contribution >= 4 is 50.7 Å². The average molecular weight is 516 g/mol. The van der Waals surface area contributed by atoms with Crippen molar-refractivity contribution in [1.82, 2.24) is 10.2 Å². The third kappa shape index (κ3) is 6.99. The van der Waals surface area contributed by atoms with Crippen molar-refractivity contribution in [2.24, 2.45) is 0 Å². The second-order valence-electron chi connectivity index (χ2n) is 7.23. The number of amides is 2. The van der Waals surface area contributed by atoms with Gasteiger partial charge >= 0.3 is 0 Å². The summed E-state index contributed by atoms with van der Waals surface area (Å²) in [5.41, 5.74) is 0.867. The van der Waals surface area contributed by atoms with Crippen molar-refractivity contribution in [3.05, 3.63) is 58.1 Å². The molecule has 0 bridgehead atoms. The molecule has 2 amide bonds. The predicted molar refractivity (Wildman–Crippen MR) is 130 cm³/mol. The van der Waals surface area contributed by atoms with Crippen LogP contribution in [0.25, 0.3) is 0 Å². The van der Waals surface area contributed by atoms with Crippen molar-refractivity contribution in [3.8, 4) is 5.75 Å². The molecule has 0 aromatic heterocycles. The first-order valence-electron chi connectivity index (χ1n) is 10.1. The summed E-state index contributed by atoms with van der Waals surface area (Å²) in [7, 11) is -2.40. The number of anilines is 1. The third-order valence-electron chi connectivity index (χ3n) is 4.86. The first kappa shape index (κ1) is 26.8. The van der Waals surface area contributed by atoms with Crippen LogP contribution >= 0.6 is 23.2 Å². The SMILES string of the molecule is CCOc1ccccc1N(CC(=O)N(Cc1ccc(Cl)c(Cl)c1)[C@@H](C)C(=O)NC)S(C)(=O)=O. The zero-order valence-corrected chi connectivity index (χ0v) is 21.2. The summed E-state index contributed by atoms with van der Waals surface area (Å²) >= 11 is 12.1. The summed E-state index contributed by atoms with van der Waals surface area (Å²) in [5, 5.41) is 3.17. The van der Waals surface area contributed by atoms with E-state index in [0.717, 1.165) is 10.6 Å². The fourth-order valence-electron chi connectivity index (χ4n) is 3.16. The van der Waals surface area contributed by atoms with Crippen LogP contribution < -0.4 is 14.4 Å². The lowest BCUT2D eigenvalue weighted by Gasteiger charge is -2.31. The Morgan fingerprint density at radius 1 is 1.12 bits per heavy atom. The van der Waals surface area contributed by atoms with Gasteiger partial charge in [-0.3, -0.25) is 13.9 Å². The molecule has 0 heterocycles. The highest BCUT2D eigenvalue weighted by atomic mass is 35.5. The zero-order valence-electron chi connectivity index (χ0n) is 18.8. The van der Waals surface area contributed by atoms with Crippen LogP contribution in [0, 0.1) is 0 Å². The number of hydrogen-bond acceptors (Lipinski definition) is 5.